The molecule has 2 aromatic carbocycles. The van der Waals surface area contributed by atoms with Crippen LogP contribution in [0.3, 0.4) is 0 Å². The molecule has 1 heterocycles. The molecule has 0 saturated heterocycles. The van der Waals surface area contributed by atoms with Gasteiger partial charge in [-0.2, -0.15) is 0 Å². The van der Waals surface area contributed by atoms with Crippen molar-refractivity contribution in [2.75, 3.05) is 19.6 Å². The monoisotopic (exact) mass is 478 g/mol. The lowest BCUT2D eigenvalue weighted by atomic mass is 9.89. The lowest BCUT2D eigenvalue weighted by Crippen LogP contribution is -2.30. The number of fused-ring (bicyclic) bond motifs is 1. The van der Waals surface area contributed by atoms with E-state index in [1.165, 1.54) is 53.7 Å². The minimum atomic E-state index is 0. The summed E-state index contributed by atoms with van der Waals surface area (Å²) in [7, 11) is 0. The van der Waals surface area contributed by atoms with E-state index >= 15 is 0 Å². The van der Waals surface area contributed by atoms with Crippen molar-refractivity contribution in [1.29, 1.82) is 0 Å². The zero-order chi connectivity index (χ0) is 20.8. The van der Waals surface area contributed by atoms with Gasteiger partial charge in [-0.15, -0.1) is 24.2 Å². The predicted octanol–water partition coefficient (Wildman–Crippen LogP) is 6.05. The van der Waals surface area contributed by atoms with Gasteiger partial charge in [0.2, 0.25) is 0 Å². The molecule has 0 unspecified atom stereocenters. The molecule has 2 N–H and O–H groups in total. The summed E-state index contributed by atoms with van der Waals surface area (Å²) in [5.41, 5.74) is 4.77. The van der Waals surface area contributed by atoms with Gasteiger partial charge in [-0.3, -0.25) is 4.79 Å². The number of hydrogen-bond donors (Lipinski definition) is 2. The summed E-state index contributed by atoms with van der Waals surface area (Å²) in [6.07, 6.45) is 8.54. The third-order valence-corrected chi connectivity index (χ3v) is 7.97. The Kier molecular flexibility index (Phi) is 9.58. The van der Waals surface area contributed by atoms with Gasteiger partial charge in [0.1, 0.15) is 0 Å². The van der Waals surface area contributed by atoms with Crippen LogP contribution in [0.2, 0.25) is 5.02 Å². The maximum Gasteiger partial charge on any atom is 0.251 e. The molecule has 0 aromatic heterocycles. The highest BCUT2D eigenvalue weighted by molar-refractivity contribution is 7.98. The second-order valence-corrected chi connectivity index (χ2v) is 9.86. The molecule has 31 heavy (non-hydrogen) atoms. The molecule has 1 aliphatic carbocycles. The summed E-state index contributed by atoms with van der Waals surface area (Å²) < 4.78 is 0. The summed E-state index contributed by atoms with van der Waals surface area (Å²) >= 11 is 8.36. The fourth-order valence-corrected chi connectivity index (χ4v) is 5.96. The molecule has 3 nitrogen and oxygen atoms in total. The van der Waals surface area contributed by atoms with E-state index in [0.717, 1.165) is 48.8 Å². The van der Waals surface area contributed by atoms with Crippen LogP contribution in [0.1, 0.15) is 59.2 Å². The molecule has 0 atom stereocenters. The van der Waals surface area contributed by atoms with E-state index in [0.29, 0.717) is 5.92 Å². The molecule has 168 valence electrons. The van der Waals surface area contributed by atoms with E-state index in [9.17, 15) is 4.79 Å². The van der Waals surface area contributed by atoms with Crippen LogP contribution in [0.5, 0.6) is 0 Å². The second kappa shape index (κ2) is 12.2. The summed E-state index contributed by atoms with van der Waals surface area (Å²) in [5.74, 6) is 1.55. The molecule has 0 radical (unpaired) electrons. The van der Waals surface area contributed by atoms with E-state index in [-0.39, 0.29) is 18.3 Å². The fraction of sp³-hybridized carbons (Fsp3) is 0.480. The molecule has 2 aliphatic rings. The Balaban J connectivity index is 0.00000272. The third kappa shape index (κ3) is 6.64. The smallest absolute Gasteiger partial charge is 0.251 e. The third-order valence-electron chi connectivity index (χ3n) is 6.31. The number of halogens is 2. The number of benzene rings is 2. The van der Waals surface area contributed by atoms with Crippen LogP contribution in [-0.2, 0) is 18.6 Å². The quantitative estimate of drug-likeness (QED) is 0.496. The van der Waals surface area contributed by atoms with Crippen molar-refractivity contribution < 1.29 is 4.79 Å². The molecule has 0 spiro atoms. The van der Waals surface area contributed by atoms with Crippen molar-refractivity contribution in [3.8, 4) is 0 Å². The fourth-order valence-electron chi connectivity index (χ4n) is 4.50. The zero-order valence-corrected chi connectivity index (χ0v) is 20.3. The molecule has 1 aliphatic heterocycles. The average Bonchev–Trinajstić information content (AvgIpc) is 3.03. The molecule has 6 heteroatoms. The van der Waals surface area contributed by atoms with E-state index in [4.69, 9.17) is 11.6 Å². The summed E-state index contributed by atoms with van der Waals surface area (Å²) in [6.45, 7) is 2.84. The van der Waals surface area contributed by atoms with Gasteiger partial charge in [0.15, 0.2) is 0 Å². The first-order valence-corrected chi connectivity index (χ1v) is 12.6. The molecular formula is C25H32Cl2N2OS. The molecule has 0 bridgehead atoms. The van der Waals surface area contributed by atoms with Gasteiger partial charge in [0.25, 0.3) is 5.91 Å². The number of carbonyl (C=O) groups excluding carboxylic acids is 1. The number of thioether (sulfide) groups is 1. The highest BCUT2D eigenvalue weighted by Gasteiger charge is 2.16. The highest BCUT2D eigenvalue weighted by Crippen LogP contribution is 2.36. The molecule has 1 amide bonds. The summed E-state index contributed by atoms with van der Waals surface area (Å²) in [6, 6.07) is 12.2. The highest BCUT2D eigenvalue weighted by atomic mass is 35.5. The minimum Gasteiger partial charge on any atom is -0.352 e. The van der Waals surface area contributed by atoms with Crippen LogP contribution in [0.25, 0.3) is 0 Å². The van der Waals surface area contributed by atoms with Crippen LogP contribution in [0, 0.1) is 5.92 Å². The number of hydrogen-bond acceptors (Lipinski definition) is 3. The normalized spacial score (nSPS) is 16.7. The Morgan fingerprint density at radius 3 is 2.55 bits per heavy atom. The Bertz CT molecular complexity index is 867. The van der Waals surface area contributed by atoms with E-state index in [2.05, 4.69) is 28.8 Å². The topological polar surface area (TPSA) is 41.1 Å². The van der Waals surface area contributed by atoms with E-state index < -0.39 is 0 Å². The van der Waals surface area contributed by atoms with Gasteiger partial charge in [0.05, 0.1) is 5.02 Å². The van der Waals surface area contributed by atoms with Crippen molar-refractivity contribution in [3.05, 3.63) is 63.7 Å². The van der Waals surface area contributed by atoms with Crippen molar-refractivity contribution in [1.82, 2.24) is 10.6 Å². The summed E-state index contributed by atoms with van der Waals surface area (Å²) in [4.78, 5) is 13.7. The Labute approximate surface area is 201 Å². The molecular weight excluding hydrogens is 447 g/mol. The van der Waals surface area contributed by atoms with Crippen molar-refractivity contribution >= 4 is 41.7 Å². The summed E-state index contributed by atoms with van der Waals surface area (Å²) in [5, 5.41) is 7.44. The van der Waals surface area contributed by atoms with Gasteiger partial charge in [0, 0.05) is 22.8 Å². The number of rotatable bonds is 6. The molecule has 4 rings (SSSR count). The van der Waals surface area contributed by atoms with Gasteiger partial charge < -0.3 is 10.6 Å². The van der Waals surface area contributed by atoms with E-state index in [1.54, 1.807) is 0 Å². The Hall–Kier alpha value is -1.20. The first-order valence-electron chi connectivity index (χ1n) is 11.2. The van der Waals surface area contributed by atoms with Gasteiger partial charge >= 0.3 is 0 Å². The first kappa shape index (κ1) is 24.4. The Morgan fingerprint density at radius 1 is 1.03 bits per heavy atom. The SMILES string of the molecule is Cl.O=C(NCC1CCCCC1)c1ccc(CSc2c(Cl)ccc3c2CCNCC3)cc1. The maximum absolute atomic E-state index is 12.5. The lowest BCUT2D eigenvalue weighted by Gasteiger charge is -2.21. The number of carbonyl (C=O) groups is 1. The molecule has 1 saturated carbocycles. The van der Waals surface area contributed by atoms with Gasteiger partial charge in [-0.25, -0.2) is 0 Å². The van der Waals surface area contributed by atoms with Gasteiger partial charge in [-0.05, 0) is 79.6 Å². The predicted molar refractivity (Wildman–Crippen MR) is 134 cm³/mol. The van der Waals surface area contributed by atoms with Crippen LogP contribution in [0.4, 0.5) is 0 Å². The van der Waals surface area contributed by atoms with Crippen LogP contribution >= 0.6 is 35.8 Å². The largest absolute Gasteiger partial charge is 0.352 e. The van der Waals surface area contributed by atoms with Gasteiger partial charge in [-0.1, -0.05) is 49.1 Å². The lowest BCUT2D eigenvalue weighted by molar-refractivity contribution is 0.0943. The molecule has 1 fully saturated rings. The van der Waals surface area contributed by atoms with Crippen LogP contribution < -0.4 is 10.6 Å². The molecule has 2 aromatic rings. The zero-order valence-electron chi connectivity index (χ0n) is 17.9. The van der Waals surface area contributed by atoms with E-state index in [1.807, 2.05) is 30.0 Å². The number of amides is 1. The minimum absolute atomic E-state index is 0. The van der Waals surface area contributed by atoms with Crippen molar-refractivity contribution in [2.24, 2.45) is 5.92 Å². The second-order valence-electron chi connectivity index (χ2n) is 8.46. The number of nitrogens with one attached hydrogen (secondary N) is 2. The maximum atomic E-state index is 12.5. The first-order chi connectivity index (χ1) is 14.7. The Morgan fingerprint density at radius 2 is 1.77 bits per heavy atom. The van der Waals surface area contributed by atoms with Crippen LogP contribution in [-0.4, -0.2) is 25.5 Å². The standard InChI is InChI=1S/C25H31ClN2OS.ClH/c26-23-11-10-20-12-14-27-15-13-22(20)24(23)30-17-19-6-8-21(9-7-19)25(29)28-16-18-4-2-1-3-5-18;/h6-11,18,27H,1-5,12-17H2,(H,28,29);1H. The average molecular weight is 480 g/mol. The van der Waals surface area contributed by atoms with Crippen LogP contribution in [0.15, 0.2) is 41.3 Å². The van der Waals surface area contributed by atoms with Crippen molar-refractivity contribution in [2.45, 2.75) is 55.6 Å². The van der Waals surface area contributed by atoms with Crippen molar-refractivity contribution in [3.63, 3.8) is 0 Å².